The minimum atomic E-state index is -3.55. The first-order chi connectivity index (χ1) is 16.0. The fourth-order valence-electron chi connectivity index (χ4n) is 4.53. The van der Waals surface area contributed by atoms with Crippen molar-refractivity contribution in [2.75, 3.05) is 26.2 Å². The van der Waals surface area contributed by atoms with Gasteiger partial charge in [0, 0.05) is 26.2 Å². The zero-order valence-corrected chi connectivity index (χ0v) is 19.1. The number of aryl methyl sites for hydroxylation is 2. The highest BCUT2D eigenvalue weighted by Crippen LogP contribution is 2.26. The second-order valence-corrected chi connectivity index (χ2v) is 10.5. The first-order valence-electron chi connectivity index (χ1n) is 11.2. The van der Waals surface area contributed by atoms with Gasteiger partial charge in [-0.3, -0.25) is 4.79 Å². The minimum Gasteiger partial charge on any atom is -0.340 e. The van der Waals surface area contributed by atoms with Crippen LogP contribution >= 0.6 is 0 Å². The average molecular weight is 467 g/mol. The van der Waals surface area contributed by atoms with Crippen molar-refractivity contribution in [1.82, 2.24) is 29.4 Å². The van der Waals surface area contributed by atoms with Crippen molar-refractivity contribution >= 4 is 15.9 Å². The number of aromatic nitrogens is 4. The van der Waals surface area contributed by atoms with Crippen molar-refractivity contribution < 1.29 is 13.2 Å². The van der Waals surface area contributed by atoms with E-state index in [1.165, 1.54) is 22.6 Å². The summed E-state index contributed by atoms with van der Waals surface area (Å²) < 4.78 is 29.4. The van der Waals surface area contributed by atoms with Crippen LogP contribution in [0.4, 0.5) is 0 Å². The van der Waals surface area contributed by atoms with E-state index < -0.39 is 10.0 Å². The predicted octanol–water partition coefficient (Wildman–Crippen LogP) is 1.62. The maximum atomic E-state index is 13.2. The second kappa shape index (κ2) is 9.03. The van der Waals surface area contributed by atoms with Crippen molar-refractivity contribution in [3.05, 3.63) is 65.5 Å². The molecule has 1 aliphatic heterocycles. The van der Waals surface area contributed by atoms with E-state index in [1.807, 2.05) is 36.4 Å². The summed E-state index contributed by atoms with van der Waals surface area (Å²) in [6.07, 6.45) is 6.02. The molecule has 1 fully saturated rings. The van der Waals surface area contributed by atoms with E-state index in [4.69, 9.17) is 0 Å². The third-order valence-electron chi connectivity index (χ3n) is 6.45. The van der Waals surface area contributed by atoms with Crippen molar-refractivity contribution in [1.29, 1.82) is 0 Å². The molecule has 1 aromatic heterocycles. The van der Waals surface area contributed by atoms with Crippen LogP contribution < -0.4 is 0 Å². The van der Waals surface area contributed by atoms with E-state index in [0.717, 1.165) is 36.1 Å². The molecule has 1 saturated heterocycles. The molecule has 2 aromatic carbocycles. The second-order valence-electron chi connectivity index (χ2n) is 8.52. The molecule has 0 unspecified atom stereocenters. The molecule has 33 heavy (non-hydrogen) atoms. The number of hydrogen-bond acceptors (Lipinski definition) is 6. The highest BCUT2D eigenvalue weighted by molar-refractivity contribution is 7.89. The Bertz CT molecular complexity index is 1230. The van der Waals surface area contributed by atoms with Crippen LogP contribution in [-0.4, -0.2) is 69.9 Å². The van der Waals surface area contributed by atoms with Gasteiger partial charge in [0.1, 0.15) is 6.33 Å². The van der Waals surface area contributed by atoms with Crippen LogP contribution in [-0.2, 0) is 34.1 Å². The zero-order valence-electron chi connectivity index (χ0n) is 18.3. The van der Waals surface area contributed by atoms with Gasteiger partial charge in [-0.25, -0.2) is 13.1 Å². The van der Waals surface area contributed by atoms with Gasteiger partial charge in [0.25, 0.3) is 0 Å². The molecular weight excluding hydrogens is 440 g/mol. The molecule has 0 bridgehead atoms. The predicted molar refractivity (Wildman–Crippen MR) is 121 cm³/mol. The Morgan fingerprint density at radius 1 is 0.909 bits per heavy atom. The monoisotopic (exact) mass is 466 g/mol. The Kier molecular flexibility index (Phi) is 5.94. The number of benzene rings is 2. The lowest BCUT2D eigenvalue weighted by molar-refractivity contribution is -0.131. The van der Waals surface area contributed by atoms with Gasteiger partial charge >= 0.3 is 0 Å². The first-order valence-corrected chi connectivity index (χ1v) is 12.7. The number of piperazine rings is 1. The van der Waals surface area contributed by atoms with E-state index in [1.54, 1.807) is 15.6 Å². The zero-order chi connectivity index (χ0) is 22.8. The molecule has 3 aromatic rings. The molecule has 0 atom stereocenters. The number of amides is 1. The van der Waals surface area contributed by atoms with Gasteiger partial charge in [0.05, 0.1) is 17.0 Å². The Balaban J connectivity index is 1.19. The van der Waals surface area contributed by atoms with E-state index in [0.29, 0.717) is 31.1 Å². The number of tetrazole rings is 1. The van der Waals surface area contributed by atoms with Gasteiger partial charge in [-0.05, 0) is 77.1 Å². The summed E-state index contributed by atoms with van der Waals surface area (Å²) in [5.41, 5.74) is 4.13. The van der Waals surface area contributed by atoms with Crippen molar-refractivity contribution in [3.8, 4) is 5.69 Å². The number of rotatable bonds is 5. The molecule has 0 N–H and O–H groups in total. The largest absolute Gasteiger partial charge is 0.340 e. The third kappa shape index (κ3) is 4.53. The Labute approximate surface area is 193 Å². The number of fused-ring (bicyclic) bond motifs is 1. The van der Waals surface area contributed by atoms with Crippen molar-refractivity contribution in [2.24, 2.45) is 0 Å². The Hall–Kier alpha value is -3.11. The molecule has 0 saturated carbocycles. The number of hydrogen-bond donors (Lipinski definition) is 0. The molecule has 9 nitrogen and oxygen atoms in total. The van der Waals surface area contributed by atoms with Crippen molar-refractivity contribution in [3.63, 3.8) is 0 Å². The summed E-state index contributed by atoms with van der Waals surface area (Å²) in [5, 5.41) is 11.1. The lowest BCUT2D eigenvalue weighted by Crippen LogP contribution is -2.50. The summed E-state index contributed by atoms with van der Waals surface area (Å²) in [4.78, 5) is 14.9. The lowest BCUT2D eigenvalue weighted by atomic mass is 9.92. The summed E-state index contributed by atoms with van der Waals surface area (Å²) >= 11 is 0. The molecule has 0 radical (unpaired) electrons. The summed E-state index contributed by atoms with van der Waals surface area (Å²) in [7, 11) is -3.55. The maximum Gasteiger partial charge on any atom is 0.243 e. The van der Waals surface area contributed by atoms with Crippen LogP contribution in [0.25, 0.3) is 5.69 Å². The highest BCUT2D eigenvalue weighted by atomic mass is 32.2. The topological polar surface area (TPSA) is 101 Å². The maximum absolute atomic E-state index is 13.2. The number of carbonyl (C=O) groups is 1. The minimum absolute atomic E-state index is 0.00370. The fourth-order valence-corrected chi connectivity index (χ4v) is 6.00. The van der Waals surface area contributed by atoms with Gasteiger partial charge < -0.3 is 4.90 Å². The quantitative estimate of drug-likeness (QED) is 0.566. The van der Waals surface area contributed by atoms with Crippen LogP contribution in [0.5, 0.6) is 0 Å². The van der Waals surface area contributed by atoms with Crippen LogP contribution in [0.2, 0.25) is 0 Å². The fraction of sp³-hybridized carbons (Fsp3) is 0.391. The van der Waals surface area contributed by atoms with E-state index in [-0.39, 0.29) is 12.3 Å². The molecule has 1 aliphatic carbocycles. The van der Waals surface area contributed by atoms with Crippen LogP contribution in [0.1, 0.15) is 29.5 Å². The van der Waals surface area contributed by atoms with E-state index >= 15 is 0 Å². The van der Waals surface area contributed by atoms with Gasteiger partial charge in [-0.2, -0.15) is 4.31 Å². The van der Waals surface area contributed by atoms with E-state index in [2.05, 4.69) is 15.5 Å². The summed E-state index contributed by atoms with van der Waals surface area (Å²) in [6.45, 7) is 1.41. The first kappa shape index (κ1) is 21.7. The molecule has 2 heterocycles. The molecule has 0 spiro atoms. The number of nitrogens with zero attached hydrogens (tertiary/aromatic N) is 6. The smallest absolute Gasteiger partial charge is 0.243 e. The molecular formula is C23H26N6O3S. The van der Waals surface area contributed by atoms with Gasteiger partial charge in [0.2, 0.25) is 15.9 Å². The van der Waals surface area contributed by atoms with Crippen LogP contribution in [0.3, 0.4) is 0 Å². The standard InChI is InChI=1S/C23H26N6O3S/c30-23(15-18-5-8-21(9-6-18)29-17-24-25-26-29)27-11-13-28(14-12-27)33(31,32)22-10-7-19-3-1-2-4-20(19)16-22/h5-10,16-17H,1-4,11-15H2. The lowest BCUT2D eigenvalue weighted by Gasteiger charge is -2.34. The van der Waals surface area contributed by atoms with Crippen LogP contribution in [0.15, 0.2) is 53.7 Å². The molecule has 10 heteroatoms. The summed E-state index contributed by atoms with van der Waals surface area (Å²) in [6, 6.07) is 13.0. The third-order valence-corrected chi connectivity index (χ3v) is 8.35. The molecule has 1 amide bonds. The van der Waals surface area contributed by atoms with E-state index in [9.17, 15) is 13.2 Å². The molecule has 5 rings (SSSR count). The highest BCUT2D eigenvalue weighted by Gasteiger charge is 2.30. The number of sulfonamides is 1. The Morgan fingerprint density at radius 3 is 2.33 bits per heavy atom. The van der Waals surface area contributed by atoms with Gasteiger partial charge in [-0.15, -0.1) is 5.10 Å². The Morgan fingerprint density at radius 2 is 1.64 bits per heavy atom. The SMILES string of the molecule is O=C(Cc1ccc(-n2cnnn2)cc1)N1CCN(S(=O)(=O)c2ccc3c(c2)CCCC3)CC1. The average Bonchev–Trinajstić information content (AvgIpc) is 3.39. The van der Waals surface area contributed by atoms with Crippen molar-refractivity contribution in [2.45, 2.75) is 37.0 Å². The number of carbonyl (C=O) groups excluding carboxylic acids is 1. The van der Waals surface area contributed by atoms with Gasteiger partial charge in [0.15, 0.2) is 0 Å². The normalized spacial score (nSPS) is 17.0. The molecule has 172 valence electrons. The molecule has 2 aliphatic rings. The summed E-state index contributed by atoms with van der Waals surface area (Å²) in [5.74, 6) is -0.00370. The van der Waals surface area contributed by atoms with Crippen LogP contribution in [0, 0.1) is 0 Å². The van der Waals surface area contributed by atoms with Gasteiger partial charge in [-0.1, -0.05) is 18.2 Å².